The van der Waals surface area contributed by atoms with Crippen molar-refractivity contribution >= 4 is 17.3 Å². The van der Waals surface area contributed by atoms with Crippen LogP contribution in [0.5, 0.6) is 11.5 Å². The second-order valence-electron chi connectivity index (χ2n) is 4.42. The van der Waals surface area contributed by atoms with Crippen LogP contribution in [0, 0.1) is 0 Å². The predicted molar refractivity (Wildman–Crippen MR) is 78.3 cm³/mol. The van der Waals surface area contributed by atoms with Gasteiger partial charge in [0.25, 0.3) is 0 Å². The summed E-state index contributed by atoms with van der Waals surface area (Å²) in [6.07, 6.45) is 0. The smallest absolute Gasteiger partial charge is 0.162 e. The van der Waals surface area contributed by atoms with Gasteiger partial charge in [-0.3, -0.25) is 9.79 Å². The molecule has 1 aliphatic heterocycles. The number of methoxy groups -OCH3 is 2. The van der Waals surface area contributed by atoms with Crippen LogP contribution >= 0.6 is 0 Å². The Morgan fingerprint density at radius 2 is 2.05 bits per heavy atom. The standard InChI is InChI=1S/C14H19N3O3/c1-9(18)10-6-12(19-2)13(20-3)7-11(10)17-8-14-15-4-5-16-14/h6-7,17H,4-5,8H2,1-3H3,(H,15,16). The molecule has 0 aliphatic carbocycles. The molecular weight excluding hydrogens is 258 g/mol. The van der Waals surface area contributed by atoms with E-state index in [-0.39, 0.29) is 5.78 Å². The van der Waals surface area contributed by atoms with E-state index in [0.717, 1.165) is 18.9 Å². The maximum absolute atomic E-state index is 11.7. The van der Waals surface area contributed by atoms with Crippen molar-refractivity contribution < 1.29 is 14.3 Å². The summed E-state index contributed by atoms with van der Waals surface area (Å²) in [6.45, 7) is 3.73. The Balaban J connectivity index is 2.26. The minimum atomic E-state index is -0.0326. The maximum Gasteiger partial charge on any atom is 0.162 e. The number of carbonyl (C=O) groups is 1. The third-order valence-corrected chi connectivity index (χ3v) is 3.09. The van der Waals surface area contributed by atoms with E-state index in [9.17, 15) is 4.79 Å². The van der Waals surface area contributed by atoms with Crippen LogP contribution in [0.15, 0.2) is 17.1 Å². The van der Waals surface area contributed by atoms with Gasteiger partial charge in [0.1, 0.15) is 5.84 Å². The van der Waals surface area contributed by atoms with Crippen molar-refractivity contribution in [1.82, 2.24) is 5.32 Å². The van der Waals surface area contributed by atoms with Crippen LogP contribution in [0.3, 0.4) is 0 Å². The molecule has 20 heavy (non-hydrogen) atoms. The minimum absolute atomic E-state index is 0.0326. The number of Topliss-reactive ketones (excluding diaryl/α,β-unsaturated/α-hetero) is 1. The fourth-order valence-corrected chi connectivity index (χ4v) is 2.06. The molecule has 0 spiro atoms. The quantitative estimate of drug-likeness (QED) is 0.767. The molecule has 0 unspecified atom stereocenters. The largest absolute Gasteiger partial charge is 0.493 e. The Labute approximate surface area is 118 Å². The molecule has 1 aromatic carbocycles. The van der Waals surface area contributed by atoms with E-state index in [2.05, 4.69) is 15.6 Å². The number of aliphatic imine (C=N–C) groups is 1. The van der Waals surface area contributed by atoms with E-state index in [0.29, 0.717) is 29.3 Å². The number of nitrogens with zero attached hydrogens (tertiary/aromatic N) is 1. The van der Waals surface area contributed by atoms with E-state index in [1.807, 2.05) is 0 Å². The Kier molecular flexibility index (Phi) is 4.45. The van der Waals surface area contributed by atoms with Gasteiger partial charge in [-0.1, -0.05) is 0 Å². The number of hydrogen-bond donors (Lipinski definition) is 2. The van der Waals surface area contributed by atoms with E-state index < -0.39 is 0 Å². The topological polar surface area (TPSA) is 72.0 Å². The zero-order chi connectivity index (χ0) is 14.5. The highest BCUT2D eigenvalue weighted by atomic mass is 16.5. The van der Waals surface area contributed by atoms with Gasteiger partial charge in [-0.15, -0.1) is 0 Å². The van der Waals surface area contributed by atoms with Crippen molar-refractivity contribution in [3.63, 3.8) is 0 Å². The van der Waals surface area contributed by atoms with Gasteiger partial charge in [0.05, 0.1) is 27.3 Å². The fraction of sp³-hybridized carbons (Fsp3) is 0.429. The second kappa shape index (κ2) is 6.27. The highest BCUT2D eigenvalue weighted by Gasteiger charge is 2.15. The first-order valence-electron chi connectivity index (χ1n) is 6.43. The molecule has 108 valence electrons. The molecule has 0 saturated carbocycles. The fourth-order valence-electron chi connectivity index (χ4n) is 2.06. The molecule has 0 bridgehead atoms. The van der Waals surface area contributed by atoms with Crippen LogP contribution in [-0.4, -0.2) is 45.5 Å². The molecule has 1 aromatic rings. The second-order valence-corrected chi connectivity index (χ2v) is 4.42. The van der Waals surface area contributed by atoms with Gasteiger partial charge in [-0.05, 0) is 13.0 Å². The van der Waals surface area contributed by atoms with Crippen LogP contribution in [-0.2, 0) is 0 Å². The lowest BCUT2D eigenvalue weighted by atomic mass is 10.1. The summed E-state index contributed by atoms with van der Waals surface area (Å²) in [5.41, 5.74) is 1.28. The summed E-state index contributed by atoms with van der Waals surface area (Å²) in [5.74, 6) is 1.99. The SMILES string of the molecule is COc1cc(NCC2=NCCN2)c(C(C)=O)cc1OC. The lowest BCUT2D eigenvalue weighted by Gasteiger charge is -2.15. The van der Waals surface area contributed by atoms with Gasteiger partial charge in [-0.25, -0.2) is 0 Å². The number of ether oxygens (including phenoxy) is 2. The van der Waals surface area contributed by atoms with E-state index >= 15 is 0 Å². The highest BCUT2D eigenvalue weighted by Crippen LogP contribution is 2.33. The van der Waals surface area contributed by atoms with Crippen LogP contribution in [0.2, 0.25) is 0 Å². The van der Waals surface area contributed by atoms with Gasteiger partial charge in [0.15, 0.2) is 17.3 Å². The van der Waals surface area contributed by atoms with Gasteiger partial charge in [0.2, 0.25) is 0 Å². The minimum Gasteiger partial charge on any atom is -0.493 e. The Hall–Kier alpha value is -2.24. The van der Waals surface area contributed by atoms with Gasteiger partial charge in [-0.2, -0.15) is 0 Å². The van der Waals surface area contributed by atoms with Crippen LogP contribution in [0.4, 0.5) is 5.69 Å². The number of amidine groups is 1. The van der Waals surface area contributed by atoms with Crippen molar-refractivity contribution in [3.05, 3.63) is 17.7 Å². The first-order valence-corrected chi connectivity index (χ1v) is 6.43. The molecule has 0 radical (unpaired) electrons. The van der Waals surface area contributed by atoms with Crippen molar-refractivity contribution in [1.29, 1.82) is 0 Å². The molecule has 0 aromatic heterocycles. The van der Waals surface area contributed by atoms with E-state index in [4.69, 9.17) is 9.47 Å². The first kappa shape index (κ1) is 14.2. The number of rotatable bonds is 6. The van der Waals surface area contributed by atoms with Crippen molar-refractivity contribution in [2.24, 2.45) is 4.99 Å². The van der Waals surface area contributed by atoms with Gasteiger partial charge < -0.3 is 20.1 Å². The molecule has 2 N–H and O–H groups in total. The van der Waals surface area contributed by atoms with Crippen LogP contribution in [0.25, 0.3) is 0 Å². The van der Waals surface area contributed by atoms with E-state index in [1.165, 1.54) is 6.92 Å². The predicted octanol–water partition coefficient (Wildman–Crippen LogP) is 1.32. The van der Waals surface area contributed by atoms with Gasteiger partial charge in [0, 0.05) is 23.9 Å². The zero-order valence-electron chi connectivity index (χ0n) is 11.9. The zero-order valence-corrected chi connectivity index (χ0v) is 11.9. The Morgan fingerprint density at radius 1 is 1.35 bits per heavy atom. The molecule has 1 aliphatic rings. The van der Waals surface area contributed by atoms with Crippen LogP contribution in [0.1, 0.15) is 17.3 Å². The van der Waals surface area contributed by atoms with Crippen molar-refractivity contribution in [2.45, 2.75) is 6.92 Å². The summed E-state index contributed by atoms with van der Waals surface area (Å²) in [4.78, 5) is 16.1. The van der Waals surface area contributed by atoms with E-state index in [1.54, 1.807) is 26.4 Å². The number of hydrogen-bond acceptors (Lipinski definition) is 6. The third kappa shape index (κ3) is 3.01. The lowest BCUT2D eigenvalue weighted by Crippen LogP contribution is -2.26. The molecule has 0 fully saturated rings. The number of ketones is 1. The van der Waals surface area contributed by atoms with Crippen LogP contribution < -0.4 is 20.1 Å². The lowest BCUT2D eigenvalue weighted by molar-refractivity contribution is 0.101. The molecule has 6 nitrogen and oxygen atoms in total. The molecular formula is C14H19N3O3. The molecule has 0 atom stereocenters. The average molecular weight is 277 g/mol. The summed E-state index contributed by atoms with van der Waals surface area (Å²) in [7, 11) is 3.11. The number of anilines is 1. The van der Waals surface area contributed by atoms with Crippen molar-refractivity contribution in [2.75, 3.05) is 39.2 Å². The molecule has 0 amide bonds. The summed E-state index contributed by atoms with van der Waals surface area (Å²) >= 11 is 0. The average Bonchev–Trinajstić information content (AvgIpc) is 2.97. The number of nitrogens with one attached hydrogen (secondary N) is 2. The Morgan fingerprint density at radius 3 is 2.60 bits per heavy atom. The molecule has 2 rings (SSSR count). The first-order chi connectivity index (χ1) is 9.65. The Bertz CT molecular complexity index is 541. The monoisotopic (exact) mass is 277 g/mol. The third-order valence-electron chi connectivity index (χ3n) is 3.09. The normalized spacial score (nSPS) is 13.4. The number of carbonyl (C=O) groups excluding carboxylic acids is 1. The maximum atomic E-state index is 11.7. The summed E-state index contributed by atoms with van der Waals surface area (Å²) < 4.78 is 10.5. The van der Waals surface area contributed by atoms with Gasteiger partial charge >= 0.3 is 0 Å². The number of benzene rings is 1. The molecule has 1 heterocycles. The molecule has 6 heteroatoms. The summed E-state index contributed by atoms with van der Waals surface area (Å²) in [6, 6.07) is 3.46. The molecule has 0 saturated heterocycles. The highest BCUT2D eigenvalue weighted by molar-refractivity contribution is 6.01. The summed E-state index contributed by atoms with van der Waals surface area (Å²) in [5, 5.41) is 6.39. The van der Waals surface area contributed by atoms with Crippen molar-refractivity contribution in [3.8, 4) is 11.5 Å².